The van der Waals surface area contributed by atoms with Gasteiger partial charge in [0.05, 0.1) is 0 Å². The second kappa shape index (κ2) is 10.4. The number of nitrogens with zero attached hydrogens (tertiary/aromatic N) is 1. The molecule has 0 aromatic heterocycles. The maximum absolute atomic E-state index is 12.1. The Morgan fingerprint density at radius 3 is 2.16 bits per heavy atom. The normalized spacial score (nSPS) is 11.7. The van der Waals surface area contributed by atoms with Crippen LogP contribution < -0.4 is 5.32 Å². The Kier molecular flexibility index (Phi) is 9.57. The third-order valence-electron chi connectivity index (χ3n) is 2.85. The second-order valence-corrected chi connectivity index (χ2v) is 4.56. The Labute approximate surface area is 115 Å². The third kappa shape index (κ3) is 7.49. The summed E-state index contributed by atoms with van der Waals surface area (Å²) in [6.07, 6.45) is 5.60. The molecule has 0 fully saturated rings. The fraction of sp³-hybridized carbons (Fsp3) is 0.714. The van der Waals surface area contributed by atoms with Crippen LogP contribution >= 0.6 is 0 Å². The van der Waals surface area contributed by atoms with Crippen LogP contribution in [0.1, 0.15) is 46.0 Å². The van der Waals surface area contributed by atoms with E-state index >= 15 is 0 Å². The molecule has 2 N–H and O–H groups in total. The van der Waals surface area contributed by atoms with Gasteiger partial charge in [-0.25, -0.2) is 9.59 Å². The third-order valence-corrected chi connectivity index (χ3v) is 2.85. The first-order valence-corrected chi connectivity index (χ1v) is 6.95. The molecule has 0 bridgehead atoms. The average Bonchev–Trinajstić information content (AvgIpc) is 2.38. The SMILES string of the molecule is C=CCC(NC(=O)N(CCCC)CCCC)C(=O)O. The van der Waals surface area contributed by atoms with Crippen molar-refractivity contribution in [3.63, 3.8) is 0 Å². The van der Waals surface area contributed by atoms with E-state index in [0.29, 0.717) is 13.1 Å². The summed E-state index contributed by atoms with van der Waals surface area (Å²) in [7, 11) is 0. The summed E-state index contributed by atoms with van der Waals surface area (Å²) in [6, 6.07) is -1.19. The van der Waals surface area contributed by atoms with E-state index in [1.807, 2.05) is 0 Å². The van der Waals surface area contributed by atoms with E-state index in [2.05, 4.69) is 25.7 Å². The number of hydrogen-bond acceptors (Lipinski definition) is 2. The highest BCUT2D eigenvalue weighted by Crippen LogP contribution is 2.02. The van der Waals surface area contributed by atoms with Crippen LogP contribution in [-0.2, 0) is 4.79 Å². The van der Waals surface area contributed by atoms with Gasteiger partial charge in [0.15, 0.2) is 0 Å². The van der Waals surface area contributed by atoms with Crippen LogP contribution in [0.2, 0.25) is 0 Å². The number of nitrogens with one attached hydrogen (secondary N) is 1. The number of rotatable bonds is 10. The van der Waals surface area contributed by atoms with Gasteiger partial charge in [-0.1, -0.05) is 32.8 Å². The zero-order valence-electron chi connectivity index (χ0n) is 12.0. The van der Waals surface area contributed by atoms with Crippen molar-refractivity contribution >= 4 is 12.0 Å². The van der Waals surface area contributed by atoms with Crippen molar-refractivity contribution in [1.29, 1.82) is 0 Å². The van der Waals surface area contributed by atoms with Crippen LogP contribution in [0.5, 0.6) is 0 Å². The fourth-order valence-corrected chi connectivity index (χ4v) is 1.64. The highest BCUT2D eigenvalue weighted by molar-refractivity contribution is 5.82. The monoisotopic (exact) mass is 270 g/mol. The minimum atomic E-state index is -1.03. The zero-order chi connectivity index (χ0) is 14.7. The van der Waals surface area contributed by atoms with Crippen LogP contribution in [0.3, 0.4) is 0 Å². The van der Waals surface area contributed by atoms with Crippen LogP contribution in [0, 0.1) is 0 Å². The summed E-state index contributed by atoms with van der Waals surface area (Å²) >= 11 is 0. The molecule has 0 radical (unpaired) electrons. The van der Waals surface area contributed by atoms with Gasteiger partial charge < -0.3 is 15.3 Å². The second-order valence-electron chi connectivity index (χ2n) is 4.56. The molecule has 1 unspecified atom stereocenters. The molecule has 110 valence electrons. The standard InChI is InChI=1S/C14H26N2O3/c1-4-7-10-16(11-8-5-2)14(19)15-12(9-6-3)13(17)18/h6,12H,3-5,7-11H2,1-2H3,(H,15,19)(H,17,18). The Balaban J connectivity index is 4.48. The van der Waals surface area contributed by atoms with E-state index in [9.17, 15) is 9.59 Å². The van der Waals surface area contributed by atoms with Gasteiger partial charge in [-0.15, -0.1) is 6.58 Å². The first-order valence-electron chi connectivity index (χ1n) is 6.95. The first-order chi connectivity index (χ1) is 9.06. The van der Waals surface area contributed by atoms with E-state index in [0.717, 1.165) is 25.7 Å². The van der Waals surface area contributed by atoms with Crippen molar-refractivity contribution in [2.24, 2.45) is 0 Å². The largest absolute Gasteiger partial charge is 0.480 e. The van der Waals surface area contributed by atoms with Crippen molar-refractivity contribution < 1.29 is 14.7 Å². The molecule has 0 aliphatic rings. The van der Waals surface area contributed by atoms with Crippen LogP contribution in [0.25, 0.3) is 0 Å². The zero-order valence-corrected chi connectivity index (χ0v) is 12.0. The minimum Gasteiger partial charge on any atom is -0.480 e. The van der Waals surface area contributed by atoms with Crippen molar-refractivity contribution in [3.8, 4) is 0 Å². The summed E-state index contributed by atoms with van der Waals surface area (Å²) in [5.41, 5.74) is 0. The number of aliphatic carboxylic acids is 1. The molecule has 0 aliphatic carbocycles. The summed E-state index contributed by atoms with van der Waals surface area (Å²) in [5, 5.41) is 11.6. The highest BCUT2D eigenvalue weighted by atomic mass is 16.4. The van der Waals surface area contributed by atoms with Gasteiger partial charge in [-0.05, 0) is 19.3 Å². The number of unbranched alkanes of at least 4 members (excludes halogenated alkanes) is 2. The number of urea groups is 1. The summed E-state index contributed by atoms with van der Waals surface area (Å²) in [5.74, 6) is -1.03. The summed E-state index contributed by atoms with van der Waals surface area (Å²) in [4.78, 5) is 24.8. The molecule has 0 rings (SSSR count). The predicted octanol–water partition coefficient (Wildman–Crippen LogP) is 2.63. The van der Waals surface area contributed by atoms with Crippen molar-refractivity contribution in [2.75, 3.05) is 13.1 Å². The molecular formula is C14H26N2O3. The Morgan fingerprint density at radius 1 is 1.26 bits per heavy atom. The number of carboxylic acid groups (broad SMARTS) is 1. The number of amides is 2. The molecule has 0 aromatic rings. The lowest BCUT2D eigenvalue weighted by Crippen LogP contribution is -2.48. The van der Waals surface area contributed by atoms with Crippen molar-refractivity contribution in [3.05, 3.63) is 12.7 Å². The van der Waals surface area contributed by atoms with E-state index in [1.165, 1.54) is 6.08 Å². The number of carbonyl (C=O) groups excluding carboxylic acids is 1. The predicted molar refractivity (Wildman–Crippen MR) is 76.2 cm³/mol. The topological polar surface area (TPSA) is 69.6 Å². The molecule has 1 atom stereocenters. The molecule has 2 amide bonds. The van der Waals surface area contributed by atoms with Crippen LogP contribution in [0.15, 0.2) is 12.7 Å². The van der Waals surface area contributed by atoms with Gasteiger partial charge >= 0.3 is 12.0 Å². The molecule has 0 saturated carbocycles. The highest BCUT2D eigenvalue weighted by Gasteiger charge is 2.21. The molecule has 0 aliphatic heterocycles. The number of hydrogen-bond donors (Lipinski definition) is 2. The van der Waals surface area contributed by atoms with Gasteiger partial charge in [0.25, 0.3) is 0 Å². The van der Waals surface area contributed by atoms with Crippen LogP contribution in [-0.4, -0.2) is 41.1 Å². The molecular weight excluding hydrogens is 244 g/mol. The molecule has 19 heavy (non-hydrogen) atoms. The lowest BCUT2D eigenvalue weighted by Gasteiger charge is -2.24. The molecule has 5 nitrogen and oxygen atoms in total. The molecule has 0 aromatic carbocycles. The Bertz CT molecular complexity index is 284. The lowest BCUT2D eigenvalue weighted by atomic mass is 10.2. The summed E-state index contributed by atoms with van der Waals surface area (Å²) < 4.78 is 0. The van der Waals surface area contributed by atoms with Crippen LogP contribution in [0.4, 0.5) is 4.79 Å². The molecule has 0 spiro atoms. The summed E-state index contributed by atoms with van der Waals surface area (Å²) in [6.45, 7) is 8.97. The van der Waals surface area contributed by atoms with Crippen molar-refractivity contribution in [1.82, 2.24) is 10.2 Å². The molecule has 0 saturated heterocycles. The van der Waals surface area contributed by atoms with E-state index < -0.39 is 12.0 Å². The number of carbonyl (C=O) groups is 2. The Hall–Kier alpha value is -1.52. The van der Waals surface area contributed by atoms with E-state index in [-0.39, 0.29) is 12.5 Å². The minimum absolute atomic E-state index is 0.233. The van der Waals surface area contributed by atoms with Crippen molar-refractivity contribution in [2.45, 2.75) is 52.0 Å². The maximum Gasteiger partial charge on any atom is 0.326 e. The fourth-order valence-electron chi connectivity index (χ4n) is 1.64. The van der Waals surface area contributed by atoms with Gasteiger partial charge in [0.2, 0.25) is 0 Å². The Morgan fingerprint density at radius 2 is 1.79 bits per heavy atom. The van der Waals surface area contributed by atoms with Gasteiger partial charge in [0.1, 0.15) is 6.04 Å². The smallest absolute Gasteiger partial charge is 0.326 e. The van der Waals surface area contributed by atoms with E-state index in [4.69, 9.17) is 5.11 Å². The average molecular weight is 270 g/mol. The van der Waals surface area contributed by atoms with Gasteiger partial charge in [-0.3, -0.25) is 0 Å². The molecule has 0 heterocycles. The maximum atomic E-state index is 12.1. The van der Waals surface area contributed by atoms with Gasteiger partial charge in [0, 0.05) is 13.1 Å². The van der Waals surface area contributed by atoms with Gasteiger partial charge in [-0.2, -0.15) is 0 Å². The quantitative estimate of drug-likeness (QED) is 0.599. The lowest BCUT2D eigenvalue weighted by molar-refractivity contribution is -0.139. The molecule has 5 heteroatoms. The first kappa shape index (κ1) is 17.5. The van der Waals surface area contributed by atoms with E-state index in [1.54, 1.807) is 4.90 Å². The number of carboxylic acids is 1.